The summed E-state index contributed by atoms with van der Waals surface area (Å²) in [6.07, 6.45) is 0. The second-order valence-corrected chi connectivity index (χ2v) is 7.54. The first-order valence-corrected chi connectivity index (χ1v) is 9.77. The van der Waals surface area contributed by atoms with Crippen LogP contribution in [0, 0.1) is 12.7 Å². The highest BCUT2D eigenvalue weighted by atomic mass is 35.5. The first-order chi connectivity index (χ1) is 13.4. The summed E-state index contributed by atoms with van der Waals surface area (Å²) in [5, 5.41) is 3.58. The number of carbonyl (C=O) groups is 1. The predicted octanol–water partition coefficient (Wildman–Crippen LogP) is 2.53. The van der Waals surface area contributed by atoms with Crippen LogP contribution in [-0.4, -0.2) is 45.2 Å². The first kappa shape index (κ1) is 20.4. The van der Waals surface area contributed by atoms with E-state index in [2.05, 4.69) is 10.2 Å². The van der Waals surface area contributed by atoms with Gasteiger partial charge in [0, 0.05) is 16.8 Å². The molecule has 3 rings (SSSR count). The number of aryl methyl sites for hydroxylation is 1. The van der Waals surface area contributed by atoms with Gasteiger partial charge in [0.2, 0.25) is 0 Å². The average Bonchev–Trinajstić information content (AvgIpc) is 2.70. The third kappa shape index (κ3) is 4.56. The number of anilines is 2. The Morgan fingerprint density at radius 1 is 1.25 bits per heavy atom. The number of ether oxygens (including phenoxy) is 1. The van der Waals surface area contributed by atoms with Gasteiger partial charge in [0.05, 0.1) is 39.0 Å². The Morgan fingerprint density at radius 3 is 2.50 bits per heavy atom. The van der Waals surface area contributed by atoms with Crippen LogP contribution in [0.25, 0.3) is 0 Å². The van der Waals surface area contributed by atoms with E-state index in [0.29, 0.717) is 16.5 Å². The summed E-state index contributed by atoms with van der Waals surface area (Å²) in [6, 6.07) is 9.89. The van der Waals surface area contributed by atoms with E-state index in [1.807, 2.05) is 19.9 Å². The number of piperazine rings is 1. The summed E-state index contributed by atoms with van der Waals surface area (Å²) >= 11 is 6.14. The first-order valence-electron chi connectivity index (χ1n) is 9.39. The van der Waals surface area contributed by atoms with Crippen molar-refractivity contribution in [2.24, 2.45) is 0 Å². The van der Waals surface area contributed by atoms with Crippen LogP contribution >= 0.6 is 11.6 Å². The maximum Gasteiger partial charge on any atom is 0.282 e. The number of amides is 1. The zero-order valence-electron chi connectivity index (χ0n) is 16.4. The van der Waals surface area contributed by atoms with Gasteiger partial charge in [-0.05, 0) is 49.7 Å². The minimum Gasteiger partial charge on any atom is -0.495 e. The lowest BCUT2D eigenvalue weighted by atomic mass is 10.1. The minimum absolute atomic E-state index is 0.0507. The van der Waals surface area contributed by atoms with Gasteiger partial charge in [0.25, 0.3) is 5.91 Å². The molecule has 1 aliphatic heterocycles. The zero-order chi connectivity index (χ0) is 20.3. The van der Waals surface area contributed by atoms with Crippen molar-refractivity contribution in [3.05, 3.63) is 52.8 Å². The van der Waals surface area contributed by atoms with Crippen LogP contribution in [-0.2, 0) is 4.79 Å². The molecule has 2 aromatic rings. The zero-order valence-corrected chi connectivity index (χ0v) is 17.1. The highest BCUT2D eigenvalue weighted by Gasteiger charge is 2.29. The average molecular weight is 407 g/mol. The molecule has 28 heavy (non-hydrogen) atoms. The Kier molecular flexibility index (Phi) is 6.42. The van der Waals surface area contributed by atoms with Crippen molar-refractivity contribution in [1.29, 1.82) is 0 Å². The van der Waals surface area contributed by atoms with Gasteiger partial charge in [-0.15, -0.1) is 0 Å². The largest absolute Gasteiger partial charge is 0.495 e. The summed E-state index contributed by atoms with van der Waals surface area (Å²) < 4.78 is 18.4. The van der Waals surface area contributed by atoms with E-state index in [9.17, 15) is 9.18 Å². The van der Waals surface area contributed by atoms with Crippen molar-refractivity contribution in [3.8, 4) is 5.75 Å². The number of hydrogen-bond donors (Lipinski definition) is 2. The van der Waals surface area contributed by atoms with E-state index >= 15 is 0 Å². The molecular formula is C21H26ClFN3O2+. The number of rotatable bonds is 5. The van der Waals surface area contributed by atoms with E-state index < -0.39 is 0 Å². The summed E-state index contributed by atoms with van der Waals surface area (Å²) in [7, 11) is 1.56. The maximum atomic E-state index is 13.1. The Balaban J connectivity index is 1.60. The van der Waals surface area contributed by atoms with Crippen LogP contribution in [0.2, 0.25) is 5.02 Å². The van der Waals surface area contributed by atoms with E-state index in [-0.39, 0.29) is 17.8 Å². The Bertz CT molecular complexity index is 836. The number of nitrogens with zero attached hydrogens (tertiary/aromatic N) is 1. The quantitative estimate of drug-likeness (QED) is 0.802. The molecule has 5 nitrogen and oxygen atoms in total. The molecule has 1 amide bonds. The molecule has 0 aromatic heterocycles. The van der Waals surface area contributed by atoms with Crippen LogP contribution in [0.4, 0.5) is 15.8 Å². The van der Waals surface area contributed by atoms with Crippen molar-refractivity contribution in [3.63, 3.8) is 0 Å². The minimum atomic E-state index is -0.230. The van der Waals surface area contributed by atoms with Gasteiger partial charge in [-0.25, -0.2) is 4.39 Å². The van der Waals surface area contributed by atoms with E-state index in [1.54, 1.807) is 25.3 Å². The summed E-state index contributed by atoms with van der Waals surface area (Å²) in [6.45, 7) is 7.14. The van der Waals surface area contributed by atoms with E-state index in [1.165, 1.54) is 17.0 Å². The molecular weight excluding hydrogens is 381 g/mol. The molecule has 0 aliphatic carbocycles. The normalized spacial score (nSPS) is 16.0. The number of halogens is 2. The maximum absolute atomic E-state index is 13.1. The second kappa shape index (κ2) is 8.80. The molecule has 150 valence electrons. The van der Waals surface area contributed by atoms with Crippen molar-refractivity contribution >= 4 is 28.9 Å². The van der Waals surface area contributed by atoms with Gasteiger partial charge in [-0.1, -0.05) is 11.6 Å². The molecule has 0 bridgehead atoms. The van der Waals surface area contributed by atoms with Crippen LogP contribution in [0.1, 0.15) is 12.5 Å². The molecule has 0 spiro atoms. The van der Waals surface area contributed by atoms with Gasteiger partial charge in [-0.3, -0.25) is 4.79 Å². The smallest absolute Gasteiger partial charge is 0.282 e. The highest BCUT2D eigenvalue weighted by molar-refractivity contribution is 6.31. The van der Waals surface area contributed by atoms with Crippen molar-refractivity contribution in [2.45, 2.75) is 19.9 Å². The summed E-state index contributed by atoms with van der Waals surface area (Å²) in [4.78, 5) is 16.2. The Hall–Kier alpha value is -2.31. The van der Waals surface area contributed by atoms with Gasteiger partial charge in [0.1, 0.15) is 11.6 Å². The van der Waals surface area contributed by atoms with Crippen LogP contribution in [0.3, 0.4) is 0 Å². The highest BCUT2D eigenvalue weighted by Crippen LogP contribution is 2.30. The number of benzene rings is 2. The molecule has 1 saturated heterocycles. The Morgan fingerprint density at radius 2 is 1.89 bits per heavy atom. The lowest BCUT2D eigenvalue weighted by Crippen LogP contribution is -3.19. The number of methoxy groups -OCH3 is 1. The van der Waals surface area contributed by atoms with E-state index in [0.717, 1.165) is 37.4 Å². The molecule has 7 heteroatoms. The monoisotopic (exact) mass is 406 g/mol. The fraction of sp³-hybridized carbons (Fsp3) is 0.381. The third-order valence-corrected chi connectivity index (χ3v) is 5.75. The van der Waals surface area contributed by atoms with Gasteiger partial charge >= 0.3 is 0 Å². The standard InChI is InChI=1S/C21H25ClFN3O2/c1-14-12-19(20(28-3)13-18(14)22)24-21(27)15(2)25-8-10-26(11-9-25)17-6-4-16(23)5-7-17/h4-7,12-13,15H,8-11H2,1-3H3,(H,24,27)/p+1/t15-/m0/s1. The van der Waals surface area contributed by atoms with Gasteiger partial charge < -0.3 is 19.9 Å². The lowest BCUT2D eigenvalue weighted by Gasteiger charge is -2.36. The lowest BCUT2D eigenvalue weighted by molar-refractivity contribution is -0.914. The van der Waals surface area contributed by atoms with Gasteiger partial charge in [0.15, 0.2) is 6.04 Å². The molecule has 1 heterocycles. The molecule has 1 aliphatic rings. The third-order valence-electron chi connectivity index (χ3n) is 5.34. The molecule has 0 radical (unpaired) electrons. The fourth-order valence-corrected chi connectivity index (χ4v) is 3.65. The fourth-order valence-electron chi connectivity index (χ4n) is 3.49. The number of quaternary nitrogens is 1. The number of carbonyl (C=O) groups excluding carboxylic acids is 1. The number of nitrogens with one attached hydrogen (secondary N) is 2. The van der Waals surface area contributed by atoms with E-state index in [4.69, 9.17) is 16.3 Å². The van der Waals surface area contributed by atoms with Crippen molar-refractivity contribution < 1.29 is 18.8 Å². The number of hydrogen-bond acceptors (Lipinski definition) is 3. The van der Waals surface area contributed by atoms with Gasteiger partial charge in [-0.2, -0.15) is 0 Å². The van der Waals surface area contributed by atoms with Crippen LogP contribution < -0.4 is 19.9 Å². The Labute approximate surface area is 170 Å². The predicted molar refractivity (Wildman–Crippen MR) is 110 cm³/mol. The van der Waals surface area contributed by atoms with Crippen LogP contribution in [0.5, 0.6) is 5.75 Å². The SMILES string of the molecule is COc1cc(Cl)c(C)cc1NC(=O)[C@H](C)[NH+]1CCN(c2ccc(F)cc2)CC1. The molecule has 2 N–H and O–H groups in total. The topological polar surface area (TPSA) is 46.0 Å². The van der Waals surface area contributed by atoms with Crippen molar-refractivity contribution in [1.82, 2.24) is 0 Å². The van der Waals surface area contributed by atoms with Crippen molar-refractivity contribution in [2.75, 3.05) is 43.5 Å². The summed E-state index contributed by atoms with van der Waals surface area (Å²) in [5.74, 6) is 0.267. The molecule has 2 aromatic carbocycles. The summed E-state index contributed by atoms with van der Waals surface area (Å²) in [5.41, 5.74) is 2.52. The molecule has 1 atom stereocenters. The second-order valence-electron chi connectivity index (χ2n) is 7.13. The molecule has 1 fully saturated rings. The molecule has 0 unspecified atom stereocenters. The molecule has 0 saturated carbocycles. The van der Waals surface area contributed by atoms with Crippen LogP contribution in [0.15, 0.2) is 36.4 Å².